The highest BCUT2D eigenvalue weighted by molar-refractivity contribution is 6.00. The van der Waals surface area contributed by atoms with Crippen molar-refractivity contribution in [2.24, 2.45) is 0 Å². The number of rotatable bonds is 5. The number of Topliss-reactive ketones (excluding diaryl/α,β-unsaturated/α-hetero) is 1. The van der Waals surface area contributed by atoms with Crippen molar-refractivity contribution in [2.75, 3.05) is 12.0 Å². The maximum atomic E-state index is 13.1. The number of nitrogens with zero attached hydrogens (tertiary/aromatic N) is 3. The van der Waals surface area contributed by atoms with E-state index in [0.717, 1.165) is 9.47 Å². The number of anilines is 1. The van der Waals surface area contributed by atoms with Gasteiger partial charge in [-0.25, -0.2) is 4.98 Å². The van der Waals surface area contributed by atoms with Gasteiger partial charge in [0.25, 0.3) is 11.5 Å². The molecular formula is C18H16F3N3O4. The molecule has 1 atom stereocenters. The van der Waals surface area contributed by atoms with Gasteiger partial charge in [0.2, 0.25) is 5.95 Å². The Labute approximate surface area is 157 Å². The van der Waals surface area contributed by atoms with Crippen LogP contribution in [0.15, 0.2) is 35.1 Å². The first kappa shape index (κ1) is 19.6. The van der Waals surface area contributed by atoms with Crippen molar-refractivity contribution in [3.8, 4) is 5.75 Å². The molecule has 0 aliphatic carbocycles. The minimum Gasteiger partial charge on any atom is -0.497 e. The van der Waals surface area contributed by atoms with E-state index in [1.165, 1.54) is 14.0 Å². The summed E-state index contributed by atoms with van der Waals surface area (Å²) in [7, 11) is 1.48. The van der Waals surface area contributed by atoms with Gasteiger partial charge in [0.15, 0.2) is 5.69 Å². The molecule has 2 aromatic rings. The Kier molecular flexibility index (Phi) is 4.97. The SMILES string of the molecule is COc1ccc(CN2C(=O)C(CC(C)=O)n3c2nc(C(F)(F)F)cc3=O)cc1. The van der Waals surface area contributed by atoms with Crippen LogP contribution in [-0.4, -0.2) is 28.4 Å². The fraction of sp³-hybridized carbons (Fsp3) is 0.333. The molecule has 0 saturated heterocycles. The van der Waals surface area contributed by atoms with Gasteiger partial charge in [0.1, 0.15) is 17.6 Å². The first-order valence-corrected chi connectivity index (χ1v) is 8.26. The molecule has 1 aromatic heterocycles. The molecule has 1 aliphatic heterocycles. The smallest absolute Gasteiger partial charge is 0.433 e. The monoisotopic (exact) mass is 395 g/mol. The van der Waals surface area contributed by atoms with E-state index in [1.54, 1.807) is 24.3 Å². The van der Waals surface area contributed by atoms with Crippen LogP contribution >= 0.6 is 0 Å². The molecule has 1 unspecified atom stereocenters. The van der Waals surface area contributed by atoms with Crippen LogP contribution in [0.1, 0.15) is 30.6 Å². The number of aromatic nitrogens is 2. The molecule has 3 rings (SSSR count). The molecule has 10 heteroatoms. The molecule has 28 heavy (non-hydrogen) atoms. The number of ether oxygens (including phenoxy) is 1. The number of fused-ring (bicyclic) bond motifs is 1. The first-order valence-electron chi connectivity index (χ1n) is 8.26. The van der Waals surface area contributed by atoms with Gasteiger partial charge in [-0.3, -0.25) is 23.9 Å². The topological polar surface area (TPSA) is 81.5 Å². The second kappa shape index (κ2) is 7.10. The Bertz CT molecular complexity index is 983. The van der Waals surface area contributed by atoms with Crippen molar-refractivity contribution in [2.45, 2.75) is 32.1 Å². The standard InChI is InChI=1S/C18H16F3N3O4/c1-10(25)7-13-16(27)23(9-11-3-5-12(28-2)6-4-11)17-22-14(18(19,20)21)8-15(26)24(13)17/h3-6,8,13H,7,9H2,1-2H3. The minimum absolute atomic E-state index is 0.106. The zero-order chi connectivity index (χ0) is 20.6. The van der Waals surface area contributed by atoms with Crippen LogP contribution in [0.25, 0.3) is 0 Å². The third-order valence-electron chi connectivity index (χ3n) is 4.31. The molecule has 7 nitrogen and oxygen atoms in total. The van der Waals surface area contributed by atoms with Gasteiger partial charge < -0.3 is 4.74 Å². The molecule has 0 bridgehead atoms. The van der Waals surface area contributed by atoms with Gasteiger partial charge >= 0.3 is 6.18 Å². The van der Waals surface area contributed by atoms with Gasteiger partial charge in [-0.05, 0) is 24.6 Å². The van der Waals surface area contributed by atoms with Gasteiger partial charge in [-0.1, -0.05) is 12.1 Å². The number of amides is 1. The van der Waals surface area contributed by atoms with E-state index in [-0.39, 0.29) is 18.7 Å². The highest BCUT2D eigenvalue weighted by atomic mass is 19.4. The van der Waals surface area contributed by atoms with Gasteiger partial charge in [0, 0.05) is 12.5 Å². The van der Waals surface area contributed by atoms with E-state index in [0.29, 0.717) is 17.4 Å². The van der Waals surface area contributed by atoms with Gasteiger partial charge in [-0.15, -0.1) is 0 Å². The predicted octanol–water partition coefficient (Wildman–Crippen LogP) is 2.34. The van der Waals surface area contributed by atoms with E-state index >= 15 is 0 Å². The van der Waals surface area contributed by atoms with Crippen molar-refractivity contribution >= 4 is 17.6 Å². The number of halogens is 3. The summed E-state index contributed by atoms with van der Waals surface area (Å²) in [5, 5.41) is 0. The molecule has 1 aromatic carbocycles. The summed E-state index contributed by atoms with van der Waals surface area (Å²) in [5.74, 6) is -0.885. The fourth-order valence-electron chi connectivity index (χ4n) is 3.01. The molecule has 148 valence electrons. The lowest BCUT2D eigenvalue weighted by Gasteiger charge is -2.17. The maximum absolute atomic E-state index is 13.1. The van der Waals surface area contributed by atoms with E-state index in [4.69, 9.17) is 4.74 Å². The Balaban J connectivity index is 2.08. The van der Waals surface area contributed by atoms with Crippen LogP contribution in [-0.2, 0) is 22.3 Å². The lowest BCUT2D eigenvalue weighted by molar-refractivity contribution is -0.141. The van der Waals surface area contributed by atoms with Crippen molar-refractivity contribution in [3.05, 3.63) is 51.9 Å². The molecular weight excluding hydrogens is 379 g/mol. The minimum atomic E-state index is -4.84. The lowest BCUT2D eigenvalue weighted by Crippen LogP contribution is -2.30. The summed E-state index contributed by atoms with van der Waals surface area (Å²) in [6.07, 6.45) is -5.15. The molecule has 0 spiro atoms. The van der Waals surface area contributed by atoms with Crippen LogP contribution in [0.4, 0.5) is 19.1 Å². The van der Waals surface area contributed by atoms with E-state index in [2.05, 4.69) is 4.98 Å². The Morgan fingerprint density at radius 3 is 2.39 bits per heavy atom. The van der Waals surface area contributed by atoms with Gasteiger partial charge in [0.05, 0.1) is 13.7 Å². The summed E-state index contributed by atoms with van der Waals surface area (Å²) in [4.78, 5) is 41.2. The molecule has 0 fully saturated rings. The number of ketones is 1. The number of alkyl halides is 3. The lowest BCUT2D eigenvalue weighted by atomic mass is 10.1. The molecule has 2 heterocycles. The predicted molar refractivity (Wildman–Crippen MR) is 92.0 cm³/mol. The van der Waals surface area contributed by atoms with Crippen molar-refractivity contribution in [1.82, 2.24) is 9.55 Å². The highest BCUT2D eigenvalue weighted by Gasteiger charge is 2.43. The number of carbonyl (C=O) groups is 2. The number of benzene rings is 1. The van der Waals surface area contributed by atoms with Crippen molar-refractivity contribution in [1.29, 1.82) is 0 Å². The highest BCUT2D eigenvalue weighted by Crippen LogP contribution is 2.34. The number of carbonyl (C=O) groups excluding carboxylic acids is 2. The maximum Gasteiger partial charge on any atom is 0.433 e. The third kappa shape index (κ3) is 3.62. The zero-order valence-corrected chi connectivity index (χ0v) is 15.0. The van der Waals surface area contributed by atoms with E-state index in [9.17, 15) is 27.6 Å². The average molecular weight is 395 g/mol. The summed E-state index contributed by atoms with van der Waals surface area (Å²) < 4.78 is 45.2. The summed E-state index contributed by atoms with van der Waals surface area (Å²) in [5.41, 5.74) is -1.83. The van der Waals surface area contributed by atoms with E-state index in [1.807, 2.05) is 0 Å². The summed E-state index contributed by atoms with van der Waals surface area (Å²) in [6, 6.07) is 5.67. The number of methoxy groups -OCH3 is 1. The van der Waals surface area contributed by atoms with Crippen LogP contribution in [0.3, 0.4) is 0 Å². The Hall–Kier alpha value is -3.17. The largest absolute Gasteiger partial charge is 0.497 e. The number of hydrogen-bond donors (Lipinski definition) is 0. The number of hydrogen-bond acceptors (Lipinski definition) is 5. The average Bonchev–Trinajstić information content (AvgIpc) is 2.87. The second-order valence-corrected chi connectivity index (χ2v) is 6.34. The molecule has 0 saturated carbocycles. The third-order valence-corrected chi connectivity index (χ3v) is 4.31. The van der Waals surface area contributed by atoms with Crippen LogP contribution < -0.4 is 15.2 Å². The normalized spacial score (nSPS) is 16.2. The second-order valence-electron chi connectivity index (χ2n) is 6.34. The molecule has 1 amide bonds. The summed E-state index contributed by atoms with van der Waals surface area (Å²) in [6.45, 7) is 1.13. The summed E-state index contributed by atoms with van der Waals surface area (Å²) >= 11 is 0. The molecule has 0 N–H and O–H groups in total. The first-order chi connectivity index (χ1) is 13.1. The van der Waals surface area contributed by atoms with Crippen LogP contribution in [0.5, 0.6) is 5.75 Å². The van der Waals surface area contributed by atoms with Crippen molar-refractivity contribution in [3.63, 3.8) is 0 Å². The Morgan fingerprint density at radius 2 is 1.86 bits per heavy atom. The van der Waals surface area contributed by atoms with E-state index < -0.39 is 35.3 Å². The van der Waals surface area contributed by atoms with Gasteiger partial charge in [-0.2, -0.15) is 13.2 Å². The Morgan fingerprint density at radius 1 is 1.21 bits per heavy atom. The van der Waals surface area contributed by atoms with Crippen molar-refractivity contribution < 1.29 is 27.5 Å². The quantitative estimate of drug-likeness (QED) is 0.776. The fourth-order valence-corrected chi connectivity index (χ4v) is 3.01. The zero-order valence-electron chi connectivity index (χ0n) is 15.0. The van der Waals surface area contributed by atoms with Crippen LogP contribution in [0, 0.1) is 0 Å². The molecule has 0 radical (unpaired) electrons. The molecule has 1 aliphatic rings. The van der Waals surface area contributed by atoms with Crippen LogP contribution in [0.2, 0.25) is 0 Å².